The van der Waals surface area contributed by atoms with Gasteiger partial charge in [-0.15, -0.1) is 0 Å². The molecule has 1 atom stereocenters. The van der Waals surface area contributed by atoms with Gasteiger partial charge in [0.1, 0.15) is 0 Å². The van der Waals surface area contributed by atoms with Gasteiger partial charge in [0.2, 0.25) is 0 Å². The predicted octanol–water partition coefficient (Wildman–Crippen LogP) is 3.89. The largest absolute Gasteiger partial charge is 0.326 e. The Hall–Kier alpha value is -2.89. The van der Waals surface area contributed by atoms with Crippen molar-refractivity contribution >= 4 is 23.1 Å². The van der Waals surface area contributed by atoms with Gasteiger partial charge in [-0.2, -0.15) is 0 Å². The van der Waals surface area contributed by atoms with Crippen LogP contribution in [0.3, 0.4) is 0 Å². The highest BCUT2D eigenvalue weighted by molar-refractivity contribution is 6.04. The molecule has 0 spiro atoms. The molecular formula is C17H17N3O3. The maximum Gasteiger partial charge on any atom is 0.326 e. The summed E-state index contributed by atoms with van der Waals surface area (Å²) in [5.74, 6) is 0. The average Bonchev–Trinajstić information content (AvgIpc) is 2.84. The van der Waals surface area contributed by atoms with Crippen LogP contribution in [0.25, 0.3) is 0 Å². The van der Waals surface area contributed by atoms with Crippen molar-refractivity contribution in [2.75, 3.05) is 10.2 Å². The molecule has 0 bridgehead atoms. The number of urea groups is 1. The van der Waals surface area contributed by atoms with Gasteiger partial charge in [-0.3, -0.25) is 15.0 Å². The second-order valence-electron chi connectivity index (χ2n) is 5.74. The van der Waals surface area contributed by atoms with Crippen molar-refractivity contribution in [3.05, 3.63) is 63.7 Å². The molecule has 0 unspecified atom stereocenters. The molecule has 0 radical (unpaired) electrons. The molecule has 0 fully saturated rings. The molecule has 2 amide bonds. The first kappa shape index (κ1) is 15.0. The number of nitro benzene ring substituents is 1. The topological polar surface area (TPSA) is 75.5 Å². The van der Waals surface area contributed by atoms with Gasteiger partial charge in [0.05, 0.1) is 4.92 Å². The lowest BCUT2D eigenvalue weighted by Gasteiger charge is -2.23. The lowest BCUT2D eigenvalue weighted by Crippen LogP contribution is -2.39. The zero-order valence-electron chi connectivity index (χ0n) is 12.9. The summed E-state index contributed by atoms with van der Waals surface area (Å²) in [4.78, 5) is 24.7. The van der Waals surface area contributed by atoms with Crippen molar-refractivity contribution in [2.45, 2.75) is 26.3 Å². The van der Waals surface area contributed by atoms with E-state index in [1.807, 2.05) is 31.2 Å². The Labute approximate surface area is 133 Å². The number of nitrogens with one attached hydrogen (secondary N) is 1. The number of non-ortho nitro benzene ring substituents is 1. The molecule has 1 heterocycles. The number of rotatable bonds is 2. The number of nitrogens with zero attached hydrogens (tertiary/aromatic N) is 2. The van der Waals surface area contributed by atoms with E-state index in [9.17, 15) is 14.9 Å². The number of nitro groups is 1. The minimum absolute atomic E-state index is 0.0142. The summed E-state index contributed by atoms with van der Waals surface area (Å²) in [6.07, 6.45) is 0.822. The number of hydrogen-bond donors (Lipinski definition) is 1. The number of carbonyl (C=O) groups is 1. The Balaban J connectivity index is 1.84. The number of carbonyl (C=O) groups excluding carboxylic acids is 1. The number of anilines is 2. The monoisotopic (exact) mass is 311 g/mol. The van der Waals surface area contributed by atoms with E-state index in [0.29, 0.717) is 11.3 Å². The second-order valence-corrected chi connectivity index (χ2v) is 5.74. The molecule has 118 valence electrons. The third-order valence-electron chi connectivity index (χ3n) is 4.09. The van der Waals surface area contributed by atoms with E-state index in [1.54, 1.807) is 17.9 Å². The summed E-state index contributed by atoms with van der Waals surface area (Å²) < 4.78 is 0. The molecule has 2 aromatic carbocycles. The first-order valence-electron chi connectivity index (χ1n) is 7.40. The number of benzene rings is 2. The van der Waals surface area contributed by atoms with E-state index in [4.69, 9.17) is 0 Å². The van der Waals surface area contributed by atoms with Crippen LogP contribution in [-0.4, -0.2) is 17.0 Å². The molecule has 1 aliphatic rings. The summed E-state index contributed by atoms with van der Waals surface area (Å²) in [5.41, 5.74) is 3.32. The summed E-state index contributed by atoms with van der Waals surface area (Å²) >= 11 is 0. The van der Waals surface area contributed by atoms with Crippen molar-refractivity contribution in [3.63, 3.8) is 0 Å². The van der Waals surface area contributed by atoms with Crippen molar-refractivity contribution in [1.82, 2.24) is 0 Å². The minimum atomic E-state index is -0.447. The zero-order valence-corrected chi connectivity index (χ0v) is 12.9. The number of amides is 2. The molecule has 6 nitrogen and oxygen atoms in total. The molecule has 2 aromatic rings. The van der Waals surface area contributed by atoms with Crippen LogP contribution in [0.5, 0.6) is 0 Å². The van der Waals surface area contributed by atoms with Crippen LogP contribution in [0.2, 0.25) is 0 Å². The van der Waals surface area contributed by atoms with Crippen LogP contribution < -0.4 is 10.2 Å². The molecule has 1 aliphatic heterocycles. The van der Waals surface area contributed by atoms with Gasteiger partial charge < -0.3 is 5.32 Å². The Morgan fingerprint density at radius 1 is 1.30 bits per heavy atom. The van der Waals surface area contributed by atoms with E-state index in [-0.39, 0.29) is 17.8 Å². The van der Waals surface area contributed by atoms with Crippen LogP contribution in [0.4, 0.5) is 21.9 Å². The van der Waals surface area contributed by atoms with E-state index in [1.165, 1.54) is 12.1 Å². The molecule has 0 saturated carbocycles. The Kier molecular flexibility index (Phi) is 3.73. The summed E-state index contributed by atoms with van der Waals surface area (Å²) in [7, 11) is 0. The SMILES string of the molecule is Cc1cc([N+](=O)[O-])ccc1NC(=O)N1c2ccccc2C[C@@H]1C. The van der Waals surface area contributed by atoms with Gasteiger partial charge in [-0.1, -0.05) is 18.2 Å². The lowest BCUT2D eigenvalue weighted by atomic mass is 10.1. The van der Waals surface area contributed by atoms with Gasteiger partial charge in [0.15, 0.2) is 0 Å². The lowest BCUT2D eigenvalue weighted by molar-refractivity contribution is -0.384. The smallest absolute Gasteiger partial charge is 0.307 e. The maximum absolute atomic E-state index is 12.6. The Morgan fingerprint density at radius 3 is 2.74 bits per heavy atom. The number of aryl methyl sites for hydroxylation is 1. The molecule has 1 N–H and O–H groups in total. The van der Waals surface area contributed by atoms with Crippen LogP contribution in [0.15, 0.2) is 42.5 Å². The Bertz CT molecular complexity index is 788. The van der Waals surface area contributed by atoms with E-state index in [0.717, 1.165) is 17.7 Å². The van der Waals surface area contributed by atoms with Crippen LogP contribution >= 0.6 is 0 Å². The van der Waals surface area contributed by atoms with Crippen molar-refractivity contribution in [3.8, 4) is 0 Å². The molecule has 0 aliphatic carbocycles. The van der Waals surface area contributed by atoms with E-state index in [2.05, 4.69) is 5.32 Å². The quantitative estimate of drug-likeness (QED) is 0.675. The van der Waals surface area contributed by atoms with E-state index >= 15 is 0 Å². The van der Waals surface area contributed by atoms with E-state index < -0.39 is 4.92 Å². The highest BCUT2D eigenvalue weighted by Crippen LogP contribution is 2.32. The maximum atomic E-state index is 12.6. The van der Waals surface area contributed by atoms with Crippen molar-refractivity contribution < 1.29 is 9.72 Å². The summed E-state index contributed by atoms with van der Waals surface area (Å²) in [6.45, 7) is 3.74. The minimum Gasteiger partial charge on any atom is -0.307 e. The van der Waals surface area contributed by atoms with Gasteiger partial charge >= 0.3 is 6.03 Å². The molecule has 6 heteroatoms. The molecule has 3 rings (SSSR count). The first-order chi connectivity index (χ1) is 11.0. The van der Waals surface area contributed by atoms with Crippen molar-refractivity contribution in [1.29, 1.82) is 0 Å². The van der Waals surface area contributed by atoms with Crippen LogP contribution in [0, 0.1) is 17.0 Å². The van der Waals surface area contributed by atoms with Crippen LogP contribution in [-0.2, 0) is 6.42 Å². The third-order valence-corrected chi connectivity index (χ3v) is 4.09. The van der Waals surface area contributed by atoms with Crippen LogP contribution in [0.1, 0.15) is 18.1 Å². The van der Waals surface area contributed by atoms with Gasteiger partial charge in [0, 0.05) is 29.5 Å². The first-order valence-corrected chi connectivity index (χ1v) is 7.40. The number of hydrogen-bond acceptors (Lipinski definition) is 3. The Morgan fingerprint density at radius 2 is 2.04 bits per heavy atom. The fourth-order valence-corrected chi connectivity index (χ4v) is 2.95. The summed E-state index contributed by atoms with van der Waals surface area (Å²) in [5, 5.41) is 13.6. The predicted molar refractivity (Wildman–Crippen MR) is 88.9 cm³/mol. The number of fused-ring (bicyclic) bond motifs is 1. The highest BCUT2D eigenvalue weighted by Gasteiger charge is 2.30. The highest BCUT2D eigenvalue weighted by atomic mass is 16.6. The molecular weight excluding hydrogens is 294 g/mol. The van der Waals surface area contributed by atoms with Gasteiger partial charge in [-0.05, 0) is 43.5 Å². The van der Waals surface area contributed by atoms with Gasteiger partial charge in [-0.25, -0.2) is 4.79 Å². The number of para-hydroxylation sites is 1. The third kappa shape index (κ3) is 2.75. The fourth-order valence-electron chi connectivity index (χ4n) is 2.95. The molecule has 0 saturated heterocycles. The fraction of sp³-hybridized carbons (Fsp3) is 0.235. The molecule has 0 aromatic heterocycles. The average molecular weight is 311 g/mol. The standard InChI is InChI=1S/C17H17N3O3/c1-11-9-14(20(22)23)7-8-15(11)18-17(21)19-12(2)10-13-5-3-4-6-16(13)19/h3-9,12H,10H2,1-2H3,(H,18,21)/t12-/m0/s1. The molecule has 23 heavy (non-hydrogen) atoms. The van der Waals surface area contributed by atoms with Gasteiger partial charge in [0.25, 0.3) is 5.69 Å². The van der Waals surface area contributed by atoms with Crippen molar-refractivity contribution in [2.24, 2.45) is 0 Å². The normalized spacial score (nSPS) is 16.1. The second kappa shape index (κ2) is 5.72. The zero-order chi connectivity index (χ0) is 16.6. The summed E-state index contributed by atoms with van der Waals surface area (Å²) in [6, 6.07) is 12.1.